The summed E-state index contributed by atoms with van der Waals surface area (Å²) in [5, 5.41) is 14.4. The number of fused-ring (bicyclic) bond motifs is 2. The largest absolute Gasteiger partial charge is 0.453 e. The molecule has 2 heterocycles. The van der Waals surface area contributed by atoms with E-state index >= 15 is 0 Å². The van der Waals surface area contributed by atoms with Crippen molar-refractivity contribution in [3.05, 3.63) is 59.2 Å². The Morgan fingerprint density at radius 3 is 2.87 bits per heavy atom. The molecule has 1 aromatic heterocycles. The van der Waals surface area contributed by atoms with Gasteiger partial charge in [-0.2, -0.15) is 0 Å². The van der Waals surface area contributed by atoms with E-state index in [1.165, 1.54) is 7.11 Å². The molecule has 0 bridgehead atoms. The Hall–Kier alpha value is -3.39. The van der Waals surface area contributed by atoms with Gasteiger partial charge in [-0.3, -0.25) is 10.1 Å². The summed E-state index contributed by atoms with van der Waals surface area (Å²) < 4.78 is 4.59. The average Bonchev–Trinajstić information content (AvgIpc) is 3.22. The monoisotopic (exact) mass is 406 g/mol. The standard InChI is InChI=1S/C22H22N4O4/c1-30-21(28)25-20-23-17-10-9-14(11-18(17)24-20)22(29)16-8-3-2-7-15(16)19(27)26(22)12-13-5-4-6-13/h2-3,7-11,13,29H,4-6,12H2,1H3,(H2,23,24,25,28). The van der Waals surface area contributed by atoms with Crippen molar-refractivity contribution >= 4 is 29.0 Å². The number of hydrogen-bond donors (Lipinski definition) is 3. The van der Waals surface area contributed by atoms with Crippen LogP contribution in [-0.2, 0) is 10.5 Å². The van der Waals surface area contributed by atoms with Crippen molar-refractivity contribution in [1.82, 2.24) is 14.9 Å². The topological polar surface area (TPSA) is 108 Å². The molecule has 30 heavy (non-hydrogen) atoms. The van der Waals surface area contributed by atoms with Crippen molar-refractivity contribution in [2.75, 3.05) is 19.0 Å². The summed E-state index contributed by atoms with van der Waals surface area (Å²) in [6, 6.07) is 12.5. The molecular weight excluding hydrogens is 384 g/mol. The van der Waals surface area contributed by atoms with Crippen LogP contribution < -0.4 is 5.32 Å². The summed E-state index contributed by atoms with van der Waals surface area (Å²) in [5.41, 5.74) is 1.38. The second-order valence-electron chi connectivity index (χ2n) is 7.86. The fourth-order valence-corrected chi connectivity index (χ4v) is 4.30. The van der Waals surface area contributed by atoms with Gasteiger partial charge in [-0.05, 0) is 37.0 Å². The quantitative estimate of drug-likeness (QED) is 0.617. The zero-order chi connectivity index (χ0) is 20.9. The number of hydrogen-bond acceptors (Lipinski definition) is 5. The molecular formula is C22H22N4O4. The second-order valence-corrected chi connectivity index (χ2v) is 7.86. The van der Waals surface area contributed by atoms with E-state index < -0.39 is 11.8 Å². The lowest BCUT2D eigenvalue weighted by Gasteiger charge is -2.39. The highest BCUT2D eigenvalue weighted by Crippen LogP contribution is 2.44. The zero-order valence-electron chi connectivity index (χ0n) is 16.5. The number of benzene rings is 2. The van der Waals surface area contributed by atoms with Crippen LogP contribution >= 0.6 is 0 Å². The van der Waals surface area contributed by atoms with E-state index in [4.69, 9.17) is 0 Å². The molecule has 0 spiro atoms. The number of carbonyl (C=O) groups is 2. The normalized spacial score (nSPS) is 20.9. The molecule has 1 saturated carbocycles. The molecule has 5 rings (SSSR count). The number of H-pyrrole nitrogens is 1. The Kier molecular flexibility index (Phi) is 4.25. The summed E-state index contributed by atoms with van der Waals surface area (Å²) in [6.07, 6.45) is 2.67. The summed E-state index contributed by atoms with van der Waals surface area (Å²) in [4.78, 5) is 33.5. The number of aliphatic hydroxyl groups is 1. The molecule has 0 saturated heterocycles. The Bertz CT molecular complexity index is 1150. The predicted molar refractivity (Wildman–Crippen MR) is 110 cm³/mol. The van der Waals surface area contributed by atoms with E-state index in [1.54, 1.807) is 35.2 Å². The number of nitrogens with zero attached hydrogens (tertiary/aromatic N) is 2. The minimum Gasteiger partial charge on any atom is -0.453 e. The van der Waals surface area contributed by atoms with Crippen LogP contribution in [0.15, 0.2) is 42.5 Å². The first kappa shape index (κ1) is 18.6. The summed E-state index contributed by atoms with van der Waals surface area (Å²) in [6.45, 7) is 0.514. The molecule has 1 atom stereocenters. The summed E-state index contributed by atoms with van der Waals surface area (Å²) in [5.74, 6) is 0.495. The van der Waals surface area contributed by atoms with Gasteiger partial charge in [-0.15, -0.1) is 0 Å². The van der Waals surface area contributed by atoms with Gasteiger partial charge in [-0.1, -0.05) is 30.7 Å². The highest BCUT2D eigenvalue weighted by atomic mass is 16.5. The number of anilines is 1. The third kappa shape index (κ3) is 2.75. The fourth-order valence-electron chi connectivity index (χ4n) is 4.30. The summed E-state index contributed by atoms with van der Waals surface area (Å²) in [7, 11) is 1.27. The molecule has 0 radical (unpaired) electrons. The van der Waals surface area contributed by atoms with Crippen molar-refractivity contribution < 1.29 is 19.4 Å². The molecule has 2 aliphatic rings. The molecule has 1 aliphatic heterocycles. The molecule has 1 unspecified atom stereocenters. The number of carbonyl (C=O) groups excluding carboxylic acids is 2. The van der Waals surface area contributed by atoms with Gasteiger partial charge in [0.1, 0.15) is 0 Å². The van der Waals surface area contributed by atoms with Crippen molar-refractivity contribution in [2.24, 2.45) is 5.92 Å². The maximum atomic E-state index is 13.2. The first-order valence-electron chi connectivity index (χ1n) is 10.00. The molecule has 3 N–H and O–H groups in total. The van der Waals surface area contributed by atoms with Gasteiger partial charge in [0.2, 0.25) is 5.95 Å². The van der Waals surface area contributed by atoms with Crippen molar-refractivity contribution in [2.45, 2.75) is 25.0 Å². The summed E-state index contributed by atoms with van der Waals surface area (Å²) >= 11 is 0. The molecule has 8 heteroatoms. The number of ether oxygens (including phenoxy) is 1. The molecule has 2 amide bonds. The molecule has 3 aromatic rings. The number of rotatable bonds is 4. The van der Waals surface area contributed by atoms with Crippen LogP contribution in [0.5, 0.6) is 0 Å². The second kappa shape index (κ2) is 6.84. The number of aromatic amines is 1. The Morgan fingerprint density at radius 1 is 1.33 bits per heavy atom. The Morgan fingerprint density at radius 2 is 2.13 bits per heavy atom. The van der Waals surface area contributed by atoms with Gasteiger partial charge in [0.25, 0.3) is 5.91 Å². The molecule has 1 fully saturated rings. The van der Waals surface area contributed by atoms with E-state index in [0.29, 0.717) is 40.2 Å². The number of amides is 2. The highest BCUT2D eigenvalue weighted by molar-refractivity contribution is 6.00. The van der Waals surface area contributed by atoms with Gasteiger partial charge in [-0.25, -0.2) is 9.78 Å². The molecule has 8 nitrogen and oxygen atoms in total. The van der Waals surface area contributed by atoms with E-state index in [1.807, 2.05) is 12.1 Å². The average molecular weight is 406 g/mol. The van der Waals surface area contributed by atoms with E-state index in [9.17, 15) is 14.7 Å². The van der Waals surface area contributed by atoms with Crippen molar-refractivity contribution in [1.29, 1.82) is 0 Å². The Balaban J connectivity index is 1.59. The highest BCUT2D eigenvalue weighted by Gasteiger charge is 2.50. The van der Waals surface area contributed by atoms with Crippen LogP contribution in [0.25, 0.3) is 11.0 Å². The van der Waals surface area contributed by atoms with Crippen molar-refractivity contribution in [3.8, 4) is 0 Å². The first-order chi connectivity index (χ1) is 14.5. The number of imidazole rings is 1. The van der Waals surface area contributed by atoms with E-state index in [2.05, 4.69) is 20.0 Å². The minimum absolute atomic E-state index is 0.155. The lowest BCUT2D eigenvalue weighted by Crippen LogP contribution is -2.47. The van der Waals surface area contributed by atoms with Gasteiger partial charge in [0.15, 0.2) is 5.72 Å². The smallest absolute Gasteiger partial charge is 0.413 e. The first-order valence-corrected chi connectivity index (χ1v) is 10.00. The molecule has 154 valence electrons. The maximum Gasteiger partial charge on any atom is 0.413 e. The predicted octanol–water partition coefficient (Wildman–Crippen LogP) is 3.19. The van der Waals surface area contributed by atoms with Gasteiger partial charge >= 0.3 is 6.09 Å². The van der Waals surface area contributed by atoms with E-state index in [0.717, 1.165) is 19.3 Å². The maximum absolute atomic E-state index is 13.2. The van der Waals surface area contributed by atoms with Gasteiger partial charge in [0, 0.05) is 23.2 Å². The van der Waals surface area contributed by atoms with Gasteiger partial charge in [0.05, 0.1) is 18.1 Å². The number of aromatic nitrogens is 2. The lowest BCUT2D eigenvalue weighted by atomic mass is 9.84. The Labute approximate surface area is 172 Å². The van der Waals surface area contributed by atoms with Crippen LogP contribution in [0.2, 0.25) is 0 Å². The third-order valence-electron chi connectivity index (χ3n) is 6.12. The zero-order valence-corrected chi connectivity index (χ0v) is 16.5. The van der Waals surface area contributed by atoms with Crippen LogP contribution in [0.4, 0.5) is 10.7 Å². The molecule has 1 aliphatic carbocycles. The number of methoxy groups -OCH3 is 1. The fraction of sp³-hybridized carbons (Fsp3) is 0.318. The van der Waals surface area contributed by atoms with E-state index in [-0.39, 0.29) is 11.9 Å². The van der Waals surface area contributed by atoms with Crippen molar-refractivity contribution in [3.63, 3.8) is 0 Å². The number of nitrogens with one attached hydrogen (secondary N) is 2. The van der Waals surface area contributed by atoms with Crippen LogP contribution in [-0.4, -0.2) is 45.6 Å². The lowest BCUT2D eigenvalue weighted by molar-refractivity contribution is -0.0603. The van der Waals surface area contributed by atoms with Crippen LogP contribution in [0.1, 0.15) is 40.7 Å². The minimum atomic E-state index is -1.56. The SMILES string of the molecule is COC(=O)Nc1nc2ccc(C3(O)c4ccccc4C(=O)N3CC3CCC3)cc2[nH]1. The van der Waals surface area contributed by atoms with Crippen LogP contribution in [0.3, 0.4) is 0 Å². The van der Waals surface area contributed by atoms with Crippen LogP contribution in [0, 0.1) is 5.92 Å². The third-order valence-corrected chi connectivity index (χ3v) is 6.12. The molecule has 2 aromatic carbocycles. The van der Waals surface area contributed by atoms with Gasteiger partial charge < -0.3 is 19.7 Å².